The van der Waals surface area contributed by atoms with E-state index in [4.69, 9.17) is 5.73 Å². The summed E-state index contributed by atoms with van der Waals surface area (Å²) >= 11 is 0. The Morgan fingerprint density at radius 2 is 1.81 bits per heavy atom. The first-order valence-electron chi connectivity index (χ1n) is 9.75. The first-order chi connectivity index (χ1) is 15.4. The minimum absolute atomic E-state index is 0.151. The van der Waals surface area contributed by atoms with E-state index in [-0.39, 0.29) is 28.6 Å². The van der Waals surface area contributed by atoms with Gasteiger partial charge in [0.15, 0.2) is 5.65 Å². The third kappa shape index (κ3) is 3.92. The number of nitrogens with zero attached hydrogens (tertiary/aromatic N) is 6. The number of anilines is 1. The molecular weight excluding hydrogens is 420 g/mol. The Morgan fingerprint density at radius 3 is 2.53 bits per heavy atom. The van der Waals surface area contributed by atoms with Gasteiger partial charge in [-0.1, -0.05) is 12.1 Å². The number of fused-ring (bicyclic) bond motifs is 2. The number of aryl methyl sites for hydroxylation is 1. The molecule has 9 nitrogen and oxygen atoms in total. The topological polar surface area (TPSA) is 111 Å². The van der Waals surface area contributed by atoms with Crippen molar-refractivity contribution in [2.75, 3.05) is 11.9 Å². The van der Waals surface area contributed by atoms with Crippen molar-refractivity contribution in [3.8, 4) is 11.3 Å². The summed E-state index contributed by atoms with van der Waals surface area (Å²) in [6.45, 7) is 0.846. The Labute approximate surface area is 181 Å². The summed E-state index contributed by atoms with van der Waals surface area (Å²) in [6.07, 6.45) is 3.24. The molecule has 2 amide bonds. The second kappa shape index (κ2) is 8.53. The number of rotatable bonds is 2. The largest absolute Gasteiger partial charge is 0.363 e. The van der Waals surface area contributed by atoms with Gasteiger partial charge in [0.25, 0.3) is 5.91 Å². The Hall–Kier alpha value is -4.15. The molecular formula is C21H19F2N7O2. The molecule has 4 aromatic rings. The van der Waals surface area contributed by atoms with Crippen LogP contribution in [0.3, 0.4) is 0 Å². The Balaban J connectivity index is 0.000000174. The molecule has 0 unspecified atom stereocenters. The molecule has 164 valence electrons. The van der Waals surface area contributed by atoms with E-state index in [1.807, 2.05) is 10.7 Å². The van der Waals surface area contributed by atoms with Crippen LogP contribution in [0.4, 0.5) is 14.6 Å². The number of pyridine rings is 1. The van der Waals surface area contributed by atoms with E-state index >= 15 is 0 Å². The average molecular weight is 439 g/mol. The number of hydrogen-bond donors (Lipinski definition) is 1. The second-order valence-electron chi connectivity index (χ2n) is 7.05. The lowest BCUT2D eigenvalue weighted by molar-refractivity contribution is -0.118. The van der Waals surface area contributed by atoms with Crippen molar-refractivity contribution in [3.05, 3.63) is 66.1 Å². The van der Waals surface area contributed by atoms with E-state index in [1.165, 1.54) is 16.6 Å². The number of halogens is 2. The molecule has 0 spiro atoms. The molecule has 0 radical (unpaired) electrons. The molecule has 4 heterocycles. The summed E-state index contributed by atoms with van der Waals surface area (Å²) in [5, 5.41) is 7.99. The molecule has 5 rings (SSSR count). The van der Waals surface area contributed by atoms with Gasteiger partial charge in [-0.15, -0.1) is 5.10 Å². The van der Waals surface area contributed by atoms with Crippen molar-refractivity contribution in [3.63, 3.8) is 0 Å². The lowest BCUT2D eigenvalue weighted by atomic mass is 10.1. The summed E-state index contributed by atoms with van der Waals surface area (Å²) < 4.78 is 30.7. The first-order valence-corrected chi connectivity index (χ1v) is 9.75. The molecule has 0 saturated heterocycles. The predicted octanol–water partition coefficient (Wildman–Crippen LogP) is 2.41. The molecule has 2 N–H and O–H groups in total. The number of amides is 2. The van der Waals surface area contributed by atoms with Crippen LogP contribution >= 0.6 is 0 Å². The van der Waals surface area contributed by atoms with Crippen LogP contribution in [-0.4, -0.2) is 43.2 Å². The van der Waals surface area contributed by atoms with Crippen molar-refractivity contribution >= 4 is 23.3 Å². The fourth-order valence-corrected chi connectivity index (χ4v) is 3.40. The number of benzene rings is 1. The molecule has 0 atom stereocenters. The van der Waals surface area contributed by atoms with Gasteiger partial charge in [-0.05, 0) is 30.7 Å². The molecule has 1 aliphatic heterocycles. The smallest absolute Gasteiger partial charge is 0.288 e. The quantitative estimate of drug-likeness (QED) is 0.516. The Bertz CT molecular complexity index is 1290. The lowest BCUT2D eigenvalue weighted by Crippen LogP contribution is -2.25. The van der Waals surface area contributed by atoms with Gasteiger partial charge >= 0.3 is 0 Å². The summed E-state index contributed by atoms with van der Waals surface area (Å²) in [6, 6.07) is 10.0. The molecule has 0 saturated carbocycles. The monoisotopic (exact) mass is 439 g/mol. The second-order valence-corrected chi connectivity index (χ2v) is 7.05. The molecule has 32 heavy (non-hydrogen) atoms. The van der Waals surface area contributed by atoms with Gasteiger partial charge in [-0.2, -0.15) is 5.10 Å². The van der Waals surface area contributed by atoms with E-state index in [0.29, 0.717) is 6.42 Å². The van der Waals surface area contributed by atoms with Gasteiger partial charge < -0.3 is 10.6 Å². The number of primary amides is 1. The van der Waals surface area contributed by atoms with Gasteiger partial charge in [0.05, 0.1) is 17.5 Å². The highest BCUT2D eigenvalue weighted by Crippen LogP contribution is 2.26. The van der Waals surface area contributed by atoms with Crippen LogP contribution in [0.1, 0.15) is 23.5 Å². The molecule has 1 aromatic carbocycles. The van der Waals surface area contributed by atoms with Crippen LogP contribution in [0.2, 0.25) is 0 Å². The summed E-state index contributed by atoms with van der Waals surface area (Å²) in [5.41, 5.74) is 5.29. The van der Waals surface area contributed by atoms with Crippen LogP contribution in [0.25, 0.3) is 16.9 Å². The van der Waals surface area contributed by atoms with Crippen LogP contribution < -0.4 is 10.6 Å². The van der Waals surface area contributed by atoms with Crippen LogP contribution in [0.5, 0.6) is 0 Å². The van der Waals surface area contributed by atoms with Crippen LogP contribution in [0.15, 0.2) is 48.7 Å². The number of nitrogens with two attached hydrogens (primary N) is 1. The SMILES string of the molecule is CN1C(=O)CCCn2nccc21.NC(=O)c1nc2cccc(-c3c(F)cccc3F)n2n1. The minimum Gasteiger partial charge on any atom is -0.363 e. The molecule has 0 aliphatic carbocycles. The molecule has 3 aromatic heterocycles. The summed E-state index contributed by atoms with van der Waals surface area (Å²) in [5.74, 6) is -1.41. The molecule has 1 aliphatic rings. The van der Waals surface area contributed by atoms with Gasteiger partial charge in [-0.3, -0.25) is 9.59 Å². The standard InChI is InChI=1S/C13H8F2N4O.C8H11N3O/c14-7-3-1-4-8(15)11(7)9-5-2-6-10-17-13(12(16)20)18-19(9)10;1-10-7-4-5-9-11(7)6-2-3-8(10)12/h1-6H,(H2,16,20);4-5H,2-3,6H2,1H3. The van der Waals surface area contributed by atoms with Crippen molar-refractivity contribution in [1.29, 1.82) is 0 Å². The zero-order valence-electron chi connectivity index (χ0n) is 17.1. The summed E-state index contributed by atoms with van der Waals surface area (Å²) in [4.78, 5) is 28.0. The highest BCUT2D eigenvalue weighted by atomic mass is 19.1. The van der Waals surface area contributed by atoms with Gasteiger partial charge in [0, 0.05) is 26.1 Å². The van der Waals surface area contributed by atoms with E-state index in [9.17, 15) is 18.4 Å². The molecule has 11 heteroatoms. The van der Waals surface area contributed by atoms with Crippen molar-refractivity contribution in [2.45, 2.75) is 19.4 Å². The molecule has 0 bridgehead atoms. The average Bonchev–Trinajstić information content (AvgIpc) is 3.38. The number of hydrogen-bond acceptors (Lipinski definition) is 5. The van der Waals surface area contributed by atoms with E-state index in [0.717, 1.165) is 30.9 Å². The Morgan fingerprint density at radius 1 is 1.09 bits per heavy atom. The van der Waals surface area contributed by atoms with Gasteiger partial charge in [0.2, 0.25) is 11.7 Å². The van der Waals surface area contributed by atoms with Crippen molar-refractivity contribution < 1.29 is 18.4 Å². The van der Waals surface area contributed by atoms with Gasteiger partial charge in [0.1, 0.15) is 17.5 Å². The third-order valence-corrected chi connectivity index (χ3v) is 4.97. The molecule has 0 fully saturated rings. The zero-order valence-corrected chi connectivity index (χ0v) is 17.1. The fourth-order valence-electron chi connectivity index (χ4n) is 3.40. The third-order valence-electron chi connectivity index (χ3n) is 4.97. The van der Waals surface area contributed by atoms with Gasteiger partial charge in [-0.25, -0.2) is 23.0 Å². The first kappa shape index (κ1) is 21.1. The van der Waals surface area contributed by atoms with Crippen LogP contribution in [-0.2, 0) is 11.3 Å². The number of carbonyl (C=O) groups is 2. The minimum atomic E-state index is -0.811. The maximum atomic E-state index is 13.8. The number of carbonyl (C=O) groups excluding carboxylic acids is 2. The normalized spacial score (nSPS) is 13.3. The van der Waals surface area contributed by atoms with Crippen molar-refractivity contribution in [2.24, 2.45) is 5.73 Å². The Kier molecular flexibility index (Phi) is 5.63. The highest BCUT2D eigenvalue weighted by Gasteiger charge is 2.19. The van der Waals surface area contributed by atoms with Crippen LogP contribution in [0, 0.1) is 11.6 Å². The lowest BCUT2D eigenvalue weighted by Gasteiger charge is -2.13. The number of aromatic nitrogens is 5. The van der Waals surface area contributed by atoms with E-state index in [1.54, 1.807) is 30.3 Å². The predicted molar refractivity (Wildman–Crippen MR) is 112 cm³/mol. The summed E-state index contributed by atoms with van der Waals surface area (Å²) in [7, 11) is 1.79. The zero-order chi connectivity index (χ0) is 22.8. The highest BCUT2D eigenvalue weighted by molar-refractivity contribution is 5.92. The van der Waals surface area contributed by atoms with E-state index < -0.39 is 17.5 Å². The maximum absolute atomic E-state index is 13.8. The fraction of sp³-hybridized carbons (Fsp3) is 0.190. The van der Waals surface area contributed by atoms with E-state index in [2.05, 4.69) is 15.2 Å². The maximum Gasteiger partial charge on any atom is 0.288 e. The van der Waals surface area contributed by atoms with Crippen molar-refractivity contribution in [1.82, 2.24) is 24.4 Å².